The molecule has 2 atom stereocenters. The van der Waals surface area contributed by atoms with E-state index in [1.165, 1.54) is 0 Å². The predicted molar refractivity (Wildman–Crippen MR) is 75.8 cm³/mol. The van der Waals surface area contributed by atoms with Gasteiger partial charge in [-0.1, -0.05) is 0 Å². The molecular weight excluding hydrogens is 310 g/mol. The summed E-state index contributed by atoms with van der Waals surface area (Å²) >= 11 is 3.39. The molecule has 2 aromatic heterocycles. The number of aromatic nitrogens is 2. The molecule has 0 aromatic carbocycles. The van der Waals surface area contributed by atoms with Gasteiger partial charge in [0, 0.05) is 19.3 Å². The maximum Gasteiger partial charge on any atom is 0.123 e. The molecule has 0 aliphatic heterocycles. The minimum Gasteiger partial charge on any atom is -0.468 e. The lowest BCUT2D eigenvalue weighted by Gasteiger charge is -2.21. The Hall–Kier alpha value is -1.11. The smallest absolute Gasteiger partial charge is 0.123 e. The quantitative estimate of drug-likeness (QED) is 0.849. The zero-order valence-electron chi connectivity index (χ0n) is 11.0. The summed E-state index contributed by atoms with van der Waals surface area (Å²) in [4.78, 5) is 0. The highest BCUT2D eigenvalue weighted by Crippen LogP contribution is 2.15. The molecule has 2 rings (SSSR count). The summed E-state index contributed by atoms with van der Waals surface area (Å²) in [6.07, 6.45) is 5.41. The van der Waals surface area contributed by atoms with E-state index in [0.29, 0.717) is 6.61 Å². The van der Waals surface area contributed by atoms with Crippen LogP contribution in [0, 0.1) is 0 Å². The standard InChI is InChI=1S/C13H18BrN3O2/c1-10(7-17-8-11(14)6-15-17)16-12(9-18-2)13-4-3-5-19-13/h3-6,8,10,12,16H,7,9H2,1-2H3. The van der Waals surface area contributed by atoms with Gasteiger partial charge in [0.25, 0.3) is 0 Å². The maximum atomic E-state index is 5.43. The molecule has 1 N–H and O–H groups in total. The van der Waals surface area contributed by atoms with Crippen LogP contribution in [0.25, 0.3) is 0 Å². The first-order valence-electron chi connectivity index (χ1n) is 6.15. The highest BCUT2D eigenvalue weighted by Gasteiger charge is 2.17. The Bertz CT molecular complexity index is 484. The van der Waals surface area contributed by atoms with Crippen LogP contribution in [0.1, 0.15) is 18.7 Å². The van der Waals surface area contributed by atoms with Gasteiger partial charge in [0.1, 0.15) is 5.76 Å². The number of halogens is 1. The molecule has 5 nitrogen and oxygen atoms in total. The van der Waals surface area contributed by atoms with E-state index in [1.807, 2.05) is 23.0 Å². The van der Waals surface area contributed by atoms with Gasteiger partial charge in [0.15, 0.2) is 0 Å². The van der Waals surface area contributed by atoms with Crippen molar-refractivity contribution in [2.24, 2.45) is 0 Å². The van der Waals surface area contributed by atoms with Gasteiger partial charge in [-0.3, -0.25) is 4.68 Å². The molecule has 19 heavy (non-hydrogen) atoms. The fourth-order valence-electron chi connectivity index (χ4n) is 1.98. The summed E-state index contributed by atoms with van der Waals surface area (Å²) in [5.41, 5.74) is 0. The van der Waals surface area contributed by atoms with Crippen LogP contribution in [-0.4, -0.2) is 29.5 Å². The molecule has 6 heteroatoms. The molecule has 2 aromatic rings. The summed E-state index contributed by atoms with van der Waals surface area (Å²) in [6, 6.07) is 4.13. The number of ether oxygens (including phenoxy) is 1. The lowest BCUT2D eigenvalue weighted by molar-refractivity contribution is 0.150. The van der Waals surface area contributed by atoms with Crippen molar-refractivity contribution >= 4 is 15.9 Å². The molecule has 0 saturated heterocycles. The Morgan fingerprint density at radius 2 is 2.42 bits per heavy atom. The van der Waals surface area contributed by atoms with Crippen LogP contribution in [0.15, 0.2) is 39.7 Å². The van der Waals surface area contributed by atoms with Crippen LogP contribution in [0.2, 0.25) is 0 Å². The molecule has 0 aliphatic carbocycles. The number of nitrogens with zero attached hydrogens (tertiary/aromatic N) is 2. The zero-order chi connectivity index (χ0) is 13.7. The third-order valence-electron chi connectivity index (χ3n) is 2.77. The molecule has 0 fully saturated rings. The van der Waals surface area contributed by atoms with E-state index >= 15 is 0 Å². The van der Waals surface area contributed by atoms with E-state index < -0.39 is 0 Å². The second-order valence-electron chi connectivity index (χ2n) is 4.47. The summed E-state index contributed by atoms with van der Waals surface area (Å²) < 4.78 is 13.5. The zero-order valence-corrected chi connectivity index (χ0v) is 12.6. The Morgan fingerprint density at radius 3 is 3.00 bits per heavy atom. The topological polar surface area (TPSA) is 52.2 Å². The van der Waals surface area contributed by atoms with Gasteiger partial charge in [0.2, 0.25) is 0 Å². The monoisotopic (exact) mass is 327 g/mol. The molecule has 2 heterocycles. The average Bonchev–Trinajstić information content (AvgIpc) is 3.00. The lowest BCUT2D eigenvalue weighted by Crippen LogP contribution is -2.35. The summed E-state index contributed by atoms with van der Waals surface area (Å²) in [5.74, 6) is 0.885. The lowest BCUT2D eigenvalue weighted by atomic mass is 10.2. The van der Waals surface area contributed by atoms with Crippen LogP contribution in [0.4, 0.5) is 0 Å². The average molecular weight is 328 g/mol. The number of furan rings is 1. The van der Waals surface area contributed by atoms with Gasteiger partial charge < -0.3 is 14.5 Å². The predicted octanol–water partition coefficient (Wildman–Crippen LogP) is 2.60. The second-order valence-corrected chi connectivity index (χ2v) is 5.39. The maximum absolute atomic E-state index is 5.43. The van der Waals surface area contributed by atoms with E-state index in [1.54, 1.807) is 19.6 Å². The highest BCUT2D eigenvalue weighted by atomic mass is 79.9. The van der Waals surface area contributed by atoms with Crippen molar-refractivity contribution in [3.8, 4) is 0 Å². The highest BCUT2D eigenvalue weighted by molar-refractivity contribution is 9.10. The third-order valence-corrected chi connectivity index (χ3v) is 3.18. The van der Waals surface area contributed by atoms with E-state index in [0.717, 1.165) is 16.8 Å². The van der Waals surface area contributed by atoms with Crippen molar-refractivity contribution in [2.75, 3.05) is 13.7 Å². The summed E-state index contributed by atoms with van der Waals surface area (Å²) in [6.45, 7) is 3.47. The number of hydrogen-bond donors (Lipinski definition) is 1. The van der Waals surface area contributed by atoms with Crippen molar-refractivity contribution in [2.45, 2.75) is 25.6 Å². The first-order chi connectivity index (χ1) is 9.19. The molecule has 104 valence electrons. The van der Waals surface area contributed by atoms with E-state index in [9.17, 15) is 0 Å². The van der Waals surface area contributed by atoms with Crippen LogP contribution in [-0.2, 0) is 11.3 Å². The number of nitrogens with one attached hydrogen (secondary N) is 1. The van der Waals surface area contributed by atoms with E-state index in [2.05, 4.69) is 33.3 Å². The van der Waals surface area contributed by atoms with Crippen molar-refractivity contribution in [1.82, 2.24) is 15.1 Å². The normalized spacial score (nSPS) is 14.5. The van der Waals surface area contributed by atoms with Crippen LogP contribution in [0.5, 0.6) is 0 Å². The molecule has 0 radical (unpaired) electrons. The summed E-state index contributed by atoms with van der Waals surface area (Å²) in [5, 5.41) is 7.73. The first-order valence-corrected chi connectivity index (χ1v) is 6.94. The van der Waals surface area contributed by atoms with Crippen LogP contribution >= 0.6 is 15.9 Å². The van der Waals surface area contributed by atoms with E-state index in [4.69, 9.17) is 9.15 Å². The van der Waals surface area contributed by atoms with Gasteiger partial charge in [-0.15, -0.1) is 0 Å². The molecule has 0 saturated carbocycles. The fourth-order valence-corrected chi connectivity index (χ4v) is 2.31. The third kappa shape index (κ3) is 4.19. The van der Waals surface area contributed by atoms with Gasteiger partial charge >= 0.3 is 0 Å². The largest absolute Gasteiger partial charge is 0.468 e. The van der Waals surface area contributed by atoms with Gasteiger partial charge in [-0.2, -0.15) is 5.10 Å². The molecule has 2 unspecified atom stereocenters. The second kappa shape index (κ2) is 6.88. The Morgan fingerprint density at radius 1 is 1.58 bits per heavy atom. The van der Waals surface area contributed by atoms with E-state index in [-0.39, 0.29) is 12.1 Å². The summed E-state index contributed by atoms with van der Waals surface area (Å²) in [7, 11) is 1.69. The van der Waals surface area contributed by atoms with Crippen molar-refractivity contribution in [1.29, 1.82) is 0 Å². The Kier molecular flexibility index (Phi) is 5.18. The SMILES string of the molecule is COCC(NC(C)Cn1cc(Br)cn1)c1ccco1. The fraction of sp³-hybridized carbons (Fsp3) is 0.462. The van der Waals surface area contributed by atoms with Gasteiger partial charge in [0.05, 0.1) is 36.1 Å². The Labute approximate surface area is 121 Å². The van der Waals surface area contributed by atoms with Gasteiger partial charge in [-0.25, -0.2) is 0 Å². The number of rotatable bonds is 7. The molecular formula is C13H18BrN3O2. The minimum atomic E-state index is 0.0500. The number of hydrogen-bond acceptors (Lipinski definition) is 4. The van der Waals surface area contributed by atoms with Gasteiger partial charge in [-0.05, 0) is 35.0 Å². The van der Waals surface area contributed by atoms with Crippen molar-refractivity contribution in [3.63, 3.8) is 0 Å². The van der Waals surface area contributed by atoms with Crippen molar-refractivity contribution in [3.05, 3.63) is 41.0 Å². The van der Waals surface area contributed by atoms with Crippen molar-refractivity contribution < 1.29 is 9.15 Å². The molecule has 0 aliphatic rings. The van der Waals surface area contributed by atoms with Crippen LogP contribution < -0.4 is 5.32 Å². The first kappa shape index (κ1) is 14.3. The molecule has 0 amide bonds. The van der Waals surface area contributed by atoms with Crippen LogP contribution in [0.3, 0.4) is 0 Å². The number of methoxy groups -OCH3 is 1. The molecule has 0 spiro atoms. The Balaban J connectivity index is 1.93. The molecule has 0 bridgehead atoms. The minimum absolute atomic E-state index is 0.0500.